The van der Waals surface area contributed by atoms with Crippen LogP contribution in [-0.2, 0) is 23.2 Å². The number of nitrogens with zero attached hydrogens (tertiary/aromatic N) is 4. The number of alkyl halides is 3. The molecule has 4 rings (SSSR count). The van der Waals surface area contributed by atoms with Gasteiger partial charge in [-0.05, 0) is 31.7 Å². The third-order valence-electron chi connectivity index (χ3n) is 5.53. The molecule has 0 fully saturated rings. The molecule has 0 aliphatic carbocycles. The molecule has 2 aromatic heterocycles. The van der Waals surface area contributed by atoms with Crippen LogP contribution in [0.5, 0.6) is 11.6 Å². The lowest BCUT2D eigenvalue weighted by molar-refractivity contribution is -0.138. The summed E-state index contributed by atoms with van der Waals surface area (Å²) in [5, 5.41) is 9.94. The predicted octanol–water partition coefficient (Wildman–Crippen LogP) is 4.43. The average molecular weight is 562 g/mol. The summed E-state index contributed by atoms with van der Waals surface area (Å²) in [7, 11) is -0.952. The normalized spacial score (nSPS) is 11.8. The monoisotopic (exact) mass is 561 g/mol. The minimum Gasteiger partial charge on any atom is -0.438 e. The first-order valence-corrected chi connectivity index (χ1v) is 13.2. The molecular formula is C25H26F3N7O3S. The van der Waals surface area contributed by atoms with Crippen molar-refractivity contribution in [3.05, 3.63) is 72.1 Å². The maximum Gasteiger partial charge on any atom is 0.423 e. The van der Waals surface area contributed by atoms with Crippen molar-refractivity contribution in [1.29, 1.82) is 0 Å². The molecule has 2 aromatic carbocycles. The van der Waals surface area contributed by atoms with Gasteiger partial charge in [-0.15, -0.1) is 0 Å². The van der Waals surface area contributed by atoms with E-state index in [4.69, 9.17) is 4.74 Å². The number of likely N-dealkylation sites (N-methyl/N-ethyl adjacent to an activating group) is 1. The van der Waals surface area contributed by atoms with E-state index in [1.807, 2.05) is 0 Å². The molecule has 0 aliphatic rings. The van der Waals surface area contributed by atoms with Crippen LogP contribution in [0.4, 0.5) is 24.8 Å². The molecule has 14 heteroatoms. The van der Waals surface area contributed by atoms with Crippen LogP contribution in [0.1, 0.15) is 11.1 Å². The summed E-state index contributed by atoms with van der Waals surface area (Å²) in [5.41, 5.74) is -0.528. The second-order valence-corrected chi connectivity index (χ2v) is 10.2. The quantitative estimate of drug-likeness (QED) is 0.243. The summed E-state index contributed by atoms with van der Waals surface area (Å²) in [5.74, 6) is -1.39. The van der Waals surface area contributed by atoms with Crippen molar-refractivity contribution in [2.75, 3.05) is 30.2 Å². The Kier molecular flexibility index (Phi) is 8.06. The van der Waals surface area contributed by atoms with E-state index in [9.17, 15) is 21.6 Å². The van der Waals surface area contributed by atoms with E-state index in [-0.39, 0.29) is 16.2 Å². The standard InChI is InChI=1S/C25H26F3N7O3S/c1-16-7-4-5-10-20(16)22-21(25(26,27)28)23(38-18-9-6-8-17(13-18)30-12-11-29-2)33-24(32-22)34-39(36,37)19-14-31-35(3)15-19/h4-10,13-15,29-30H,11-12H2,1-3H3,(H,32,33,34). The van der Waals surface area contributed by atoms with Gasteiger partial charge in [-0.1, -0.05) is 30.3 Å². The van der Waals surface area contributed by atoms with E-state index >= 15 is 0 Å². The van der Waals surface area contributed by atoms with Crippen molar-refractivity contribution < 1.29 is 26.3 Å². The van der Waals surface area contributed by atoms with E-state index in [0.29, 0.717) is 24.3 Å². The highest BCUT2D eigenvalue weighted by Gasteiger charge is 2.41. The number of rotatable bonds is 10. The molecule has 0 unspecified atom stereocenters. The van der Waals surface area contributed by atoms with Gasteiger partial charge in [0.15, 0.2) is 0 Å². The molecular weight excluding hydrogens is 535 g/mol. The fourth-order valence-corrected chi connectivity index (χ4v) is 4.61. The zero-order valence-corrected chi connectivity index (χ0v) is 22.1. The van der Waals surface area contributed by atoms with E-state index in [0.717, 1.165) is 6.20 Å². The van der Waals surface area contributed by atoms with Gasteiger partial charge < -0.3 is 15.4 Å². The van der Waals surface area contributed by atoms with Crippen LogP contribution in [0.3, 0.4) is 0 Å². The molecule has 0 bridgehead atoms. The van der Waals surface area contributed by atoms with E-state index < -0.39 is 39.3 Å². The second-order valence-electron chi connectivity index (χ2n) is 8.50. The van der Waals surface area contributed by atoms with Crippen LogP contribution in [0.25, 0.3) is 11.3 Å². The number of hydrogen-bond acceptors (Lipinski definition) is 8. The van der Waals surface area contributed by atoms with Crippen LogP contribution in [-0.4, -0.2) is 48.3 Å². The van der Waals surface area contributed by atoms with Gasteiger partial charge in [0, 0.05) is 43.7 Å². The molecule has 10 nitrogen and oxygen atoms in total. The lowest BCUT2D eigenvalue weighted by Gasteiger charge is -2.19. The first-order valence-electron chi connectivity index (χ1n) is 11.7. The van der Waals surface area contributed by atoms with Gasteiger partial charge in [0.1, 0.15) is 16.2 Å². The predicted molar refractivity (Wildman–Crippen MR) is 140 cm³/mol. The van der Waals surface area contributed by atoms with Crippen LogP contribution in [0.2, 0.25) is 0 Å². The van der Waals surface area contributed by atoms with Crippen molar-refractivity contribution in [3.8, 4) is 22.9 Å². The van der Waals surface area contributed by atoms with E-state index in [1.165, 1.54) is 36.1 Å². The lowest BCUT2D eigenvalue weighted by atomic mass is 10.0. The van der Waals surface area contributed by atoms with Gasteiger partial charge in [-0.3, -0.25) is 4.68 Å². The molecule has 0 radical (unpaired) electrons. The number of aryl methyl sites for hydroxylation is 2. The Morgan fingerprint density at radius 3 is 2.49 bits per heavy atom. The van der Waals surface area contributed by atoms with Crippen LogP contribution < -0.4 is 20.1 Å². The first kappa shape index (κ1) is 27.9. The number of hydrogen-bond donors (Lipinski definition) is 3. The summed E-state index contributed by atoms with van der Waals surface area (Å²) in [6, 6.07) is 12.6. The fraction of sp³-hybridized carbons (Fsp3) is 0.240. The van der Waals surface area contributed by atoms with Gasteiger partial charge in [-0.25, -0.2) is 18.1 Å². The molecule has 4 aromatic rings. The van der Waals surface area contributed by atoms with Crippen molar-refractivity contribution in [1.82, 2.24) is 25.1 Å². The molecule has 0 saturated heterocycles. The number of halogens is 3. The summed E-state index contributed by atoms with van der Waals surface area (Å²) in [4.78, 5) is 7.67. The molecule has 2 heterocycles. The average Bonchev–Trinajstić information content (AvgIpc) is 3.31. The number of sulfonamides is 1. The highest BCUT2D eigenvalue weighted by Crippen LogP contribution is 2.44. The van der Waals surface area contributed by atoms with Crippen molar-refractivity contribution in [2.24, 2.45) is 7.05 Å². The maximum atomic E-state index is 14.5. The first-order chi connectivity index (χ1) is 18.5. The molecule has 206 valence electrons. The summed E-state index contributed by atoms with van der Waals surface area (Å²) in [6.07, 6.45) is -2.60. The van der Waals surface area contributed by atoms with Crippen molar-refractivity contribution in [2.45, 2.75) is 18.0 Å². The van der Waals surface area contributed by atoms with Crippen molar-refractivity contribution in [3.63, 3.8) is 0 Å². The van der Waals surface area contributed by atoms with E-state index in [2.05, 4.69) is 30.4 Å². The van der Waals surface area contributed by atoms with E-state index in [1.54, 1.807) is 44.3 Å². The molecule has 0 amide bonds. The summed E-state index contributed by atoms with van der Waals surface area (Å²) in [6.45, 7) is 2.85. The van der Waals surface area contributed by atoms with Crippen LogP contribution in [0.15, 0.2) is 65.8 Å². The molecule has 0 atom stereocenters. The number of ether oxygens (including phenoxy) is 1. The number of benzene rings is 2. The number of nitrogens with one attached hydrogen (secondary N) is 3. The minimum absolute atomic E-state index is 0.0606. The Balaban J connectivity index is 1.86. The third-order valence-corrected chi connectivity index (χ3v) is 6.81. The SMILES string of the molecule is CNCCNc1cccc(Oc2nc(NS(=O)(=O)c3cnn(C)c3)nc(-c3ccccc3C)c2C(F)(F)F)c1. The van der Waals surface area contributed by atoms with Gasteiger partial charge in [0.05, 0.1) is 11.9 Å². The molecule has 0 spiro atoms. The van der Waals surface area contributed by atoms with Gasteiger partial charge in [0.2, 0.25) is 11.8 Å². The second kappa shape index (κ2) is 11.3. The Labute approximate surface area is 223 Å². The Morgan fingerprint density at radius 1 is 1.05 bits per heavy atom. The third kappa shape index (κ3) is 6.64. The summed E-state index contributed by atoms with van der Waals surface area (Å²) >= 11 is 0. The van der Waals surface area contributed by atoms with Gasteiger partial charge in [0.25, 0.3) is 10.0 Å². The fourth-order valence-electron chi connectivity index (χ4n) is 3.68. The summed E-state index contributed by atoms with van der Waals surface area (Å²) < 4.78 is 78.5. The highest BCUT2D eigenvalue weighted by atomic mass is 32.2. The number of anilines is 2. The van der Waals surface area contributed by atoms with Gasteiger partial charge in [-0.2, -0.15) is 23.3 Å². The minimum atomic E-state index is -4.93. The maximum absolute atomic E-state index is 14.5. The molecule has 39 heavy (non-hydrogen) atoms. The highest BCUT2D eigenvalue weighted by molar-refractivity contribution is 7.92. The van der Waals surface area contributed by atoms with Gasteiger partial charge >= 0.3 is 6.18 Å². The van der Waals surface area contributed by atoms with Crippen LogP contribution >= 0.6 is 0 Å². The Bertz CT molecular complexity index is 1570. The largest absolute Gasteiger partial charge is 0.438 e. The molecule has 0 saturated carbocycles. The molecule has 3 N–H and O–H groups in total. The number of aromatic nitrogens is 4. The topological polar surface area (TPSA) is 123 Å². The Hall–Kier alpha value is -4.17. The van der Waals surface area contributed by atoms with Crippen LogP contribution in [0, 0.1) is 6.92 Å². The zero-order chi connectivity index (χ0) is 28.2. The van der Waals surface area contributed by atoms with Crippen molar-refractivity contribution >= 4 is 21.7 Å². The lowest BCUT2D eigenvalue weighted by Crippen LogP contribution is -2.18. The smallest absolute Gasteiger partial charge is 0.423 e. The zero-order valence-electron chi connectivity index (χ0n) is 21.2. The Morgan fingerprint density at radius 2 is 1.82 bits per heavy atom. The molecule has 0 aliphatic heterocycles.